The zero-order chi connectivity index (χ0) is 9.23. The quantitative estimate of drug-likeness (QED) is 0.274. The molecule has 0 aliphatic carbocycles. The van der Waals surface area contributed by atoms with Crippen molar-refractivity contribution in [3.63, 3.8) is 0 Å². The highest BCUT2D eigenvalue weighted by Gasteiger charge is 1.87. The molecule has 68 valence electrons. The maximum Gasteiger partial charge on any atom is 0.188 e. The Morgan fingerprint density at radius 1 is 1.58 bits per heavy atom. The number of nitrogens with two attached hydrogens (primary N) is 1. The van der Waals surface area contributed by atoms with E-state index in [1.165, 1.54) is 0 Å². The molecule has 0 fully saturated rings. The van der Waals surface area contributed by atoms with E-state index < -0.39 is 0 Å². The number of nitrogens with zero attached hydrogens (tertiary/aromatic N) is 1. The molecule has 0 radical (unpaired) electrons. The summed E-state index contributed by atoms with van der Waals surface area (Å²) in [5.41, 5.74) is 5.50. The van der Waals surface area contributed by atoms with Crippen LogP contribution in [0.1, 0.15) is 26.2 Å². The SMILES string of the molecule is C#CCCCCN=C(N)NCC. The minimum atomic E-state index is 0.526. The number of guanidine groups is 1. The molecule has 3 heteroatoms. The molecule has 0 aromatic heterocycles. The second kappa shape index (κ2) is 7.93. The van der Waals surface area contributed by atoms with Crippen molar-refractivity contribution >= 4 is 5.96 Å². The molecule has 12 heavy (non-hydrogen) atoms. The first-order chi connectivity index (χ1) is 5.81. The van der Waals surface area contributed by atoms with Gasteiger partial charge in [0.1, 0.15) is 0 Å². The lowest BCUT2D eigenvalue weighted by Gasteiger charge is -2.00. The van der Waals surface area contributed by atoms with Crippen molar-refractivity contribution < 1.29 is 0 Å². The normalized spacial score (nSPS) is 10.8. The summed E-state index contributed by atoms with van der Waals surface area (Å²) in [6, 6.07) is 0. The van der Waals surface area contributed by atoms with Crippen LogP contribution < -0.4 is 11.1 Å². The fourth-order valence-corrected chi connectivity index (χ4v) is 0.775. The molecule has 0 spiro atoms. The van der Waals surface area contributed by atoms with Crippen LogP contribution >= 0.6 is 0 Å². The third-order valence-corrected chi connectivity index (χ3v) is 1.37. The Kier molecular flexibility index (Phi) is 7.16. The fraction of sp³-hybridized carbons (Fsp3) is 0.667. The number of rotatable bonds is 5. The molecule has 0 heterocycles. The number of hydrogen-bond donors (Lipinski definition) is 2. The van der Waals surface area contributed by atoms with E-state index in [0.29, 0.717) is 5.96 Å². The van der Waals surface area contributed by atoms with E-state index in [4.69, 9.17) is 12.2 Å². The van der Waals surface area contributed by atoms with Crippen LogP contribution in [0.5, 0.6) is 0 Å². The lowest BCUT2D eigenvalue weighted by molar-refractivity contribution is 0.763. The van der Waals surface area contributed by atoms with E-state index in [1.807, 2.05) is 6.92 Å². The summed E-state index contributed by atoms with van der Waals surface area (Å²) in [7, 11) is 0. The average molecular weight is 167 g/mol. The maximum absolute atomic E-state index is 5.50. The zero-order valence-corrected chi connectivity index (χ0v) is 7.64. The molecule has 0 saturated heterocycles. The molecular formula is C9H17N3. The summed E-state index contributed by atoms with van der Waals surface area (Å²) >= 11 is 0. The van der Waals surface area contributed by atoms with Crippen LogP contribution in [0, 0.1) is 12.3 Å². The number of hydrogen-bond acceptors (Lipinski definition) is 1. The summed E-state index contributed by atoms with van der Waals surface area (Å²) in [4.78, 5) is 4.10. The van der Waals surface area contributed by atoms with Crippen molar-refractivity contribution in [2.45, 2.75) is 26.2 Å². The van der Waals surface area contributed by atoms with Gasteiger partial charge >= 0.3 is 0 Å². The standard InChI is InChI=1S/C9H17N3/c1-3-5-6-7-8-12-9(10)11-4-2/h1H,4-8H2,2H3,(H3,10,11,12). The smallest absolute Gasteiger partial charge is 0.188 e. The summed E-state index contributed by atoms with van der Waals surface area (Å²) in [5, 5.41) is 2.92. The topological polar surface area (TPSA) is 50.4 Å². The van der Waals surface area contributed by atoms with Crippen molar-refractivity contribution in [3.8, 4) is 12.3 Å². The third kappa shape index (κ3) is 6.94. The van der Waals surface area contributed by atoms with E-state index in [9.17, 15) is 0 Å². The molecule has 0 aliphatic rings. The predicted octanol–water partition coefficient (Wildman–Crippen LogP) is 0.714. The van der Waals surface area contributed by atoms with Gasteiger partial charge in [-0.3, -0.25) is 4.99 Å². The maximum atomic E-state index is 5.50. The molecule has 0 aliphatic heterocycles. The summed E-state index contributed by atoms with van der Waals surface area (Å²) in [6.07, 6.45) is 7.96. The number of terminal acetylenes is 1. The molecule has 0 amide bonds. The van der Waals surface area contributed by atoms with Crippen LogP contribution in [0.3, 0.4) is 0 Å². The minimum Gasteiger partial charge on any atom is -0.370 e. The van der Waals surface area contributed by atoms with Crippen molar-refractivity contribution in [2.24, 2.45) is 10.7 Å². The van der Waals surface area contributed by atoms with E-state index in [1.54, 1.807) is 0 Å². The Bertz CT molecular complexity index is 167. The van der Waals surface area contributed by atoms with Gasteiger partial charge in [-0.25, -0.2) is 0 Å². The first kappa shape index (κ1) is 10.8. The van der Waals surface area contributed by atoms with Crippen LogP contribution in [0.2, 0.25) is 0 Å². The number of nitrogens with one attached hydrogen (secondary N) is 1. The van der Waals surface area contributed by atoms with Gasteiger partial charge in [0.05, 0.1) is 0 Å². The first-order valence-corrected chi connectivity index (χ1v) is 4.28. The van der Waals surface area contributed by atoms with Gasteiger partial charge in [0.15, 0.2) is 5.96 Å². The second-order valence-corrected chi connectivity index (χ2v) is 2.46. The van der Waals surface area contributed by atoms with Crippen LogP contribution in [0.4, 0.5) is 0 Å². The molecule has 0 unspecified atom stereocenters. The number of unbranched alkanes of at least 4 members (excludes halogenated alkanes) is 2. The van der Waals surface area contributed by atoms with Gasteiger partial charge in [0.25, 0.3) is 0 Å². The average Bonchev–Trinajstić information content (AvgIpc) is 2.05. The summed E-state index contributed by atoms with van der Waals surface area (Å²) < 4.78 is 0. The van der Waals surface area contributed by atoms with Gasteiger partial charge in [0, 0.05) is 19.5 Å². The molecular weight excluding hydrogens is 150 g/mol. The molecule has 0 bridgehead atoms. The van der Waals surface area contributed by atoms with Crippen molar-refractivity contribution in [1.82, 2.24) is 5.32 Å². The molecule has 0 saturated carbocycles. The highest BCUT2D eigenvalue weighted by atomic mass is 15.1. The summed E-state index contributed by atoms with van der Waals surface area (Å²) in [6.45, 7) is 3.57. The van der Waals surface area contributed by atoms with Gasteiger partial charge in [-0.05, 0) is 19.8 Å². The highest BCUT2D eigenvalue weighted by molar-refractivity contribution is 5.77. The van der Waals surface area contributed by atoms with E-state index in [-0.39, 0.29) is 0 Å². The zero-order valence-electron chi connectivity index (χ0n) is 7.64. The Balaban J connectivity index is 3.28. The molecule has 3 nitrogen and oxygen atoms in total. The molecule has 0 atom stereocenters. The number of aliphatic imine (C=N–C) groups is 1. The van der Waals surface area contributed by atoms with Gasteiger partial charge in [-0.1, -0.05) is 0 Å². The Morgan fingerprint density at radius 2 is 2.33 bits per heavy atom. The van der Waals surface area contributed by atoms with Crippen LogP contribution in [0.25, 0.3) is 0 Å². The van der Waals surface area contributed by atoms with Crippen molar-refractivity contribution in [1.29, 1.82) is 0 Å². The largest absolute Gasteiger partial charge is 0.370 e. The van der Waals surface area contributed by atoms with E-state index in [2.05, 4.69) is 16.2 Å². The lowest BCUT2D eigenvalue weighted by Crippen LogP contribution is -2.31. The summed E-state index contributed by atoms with van der Waals surface area (Å²) in [5.74, 6) is 3.11. The molecule has 3 N–H and O–H groups in total. The Hall–Kier alpha value is -1.17. The molecule has 0 aromatic carbocycles. The van der Waals surface area contributed by atoms with Crippen LogP contribution in [0.15, 0.2) is 4.99 Å². The van der Waals surface area contributed by atoms with E-state index in [0.717, 1.165) is 32.4 Å². The molecule has 0 aromatic rings. The van der Waals surface area contributed by atoms with Gasteiger partial charge < -0.3 is 11.1 Å². The van der Waals surface area contributed by atoms with Crippen molar-refractivity contribution in [2.75, 3.05) is 13.1 Å². The lowest BCUT2D eigenvalue weighted by atomic mass is 10.2. The van der Waals surface area contributed by atoms with Crippen LogP contribution in [-0.4, -0.2) is 19.0 Å². The second-order valence-electron chi connectivity index (χ2n) is 2.46. The fourth-order valence-electron chi connectivity index (χ4n) is 0.775. The van der Waals surface area contributed by atoms with E-state index >= 15 is 0 Å². The first-order valence-electron chi connectivity index (χ1n) is 4.28. The van der Waals surface area contributed by atoms with Gasteiger partial charge in [0.2, 0.25) is 0 Å². The minimum absolute atomic E-state index is 0.526. The monoisotopic (exact) mass is 167 g/mol. The highest BCUT2D eigenvalue weighted by Crippen LogP contribution is 1.92. The van der Waals surface area contributed by atoms with Crippen molar-refractivity contribution in [3.05, 3.63) is 0 Å². The Labute approximate surface area is 74.4 Å². The van der Waals surface area contributed by atoms with Crippen LogP contribution in [-0.2, 0) is 0 Å². The van der Waals surface area contributed by atoms with Gasteiger partial charge in [-0.2, -0.15) is 0 Å². The molecule has 0 rings (SSSR count). The predicted molar refractivity (Wildman–Crippen MR) is 52.9 cm³/mol. The Morgan fingerprint density at radius 3 is 2.92 bits per heavy atom. The third-order valence-electron chi connectivity index (χ3n) is 1.37. The van der Waals surface area contributed by atoms with Gasteiger partial charge in [-0.15, -0.1) is 12.3 Å².